The third kappa shape index (κ3) is 1.98. The summed E-state index contributed by atoms with van der Waals surface area (Å²) in [6.07, 6.45) is 0.917. The minimum Gasteiger partial charge on any atom is -0.467 e. The fourth-order valence-electron chi connectivity index (χ4n) is 1.42. The monoisotopic (exact) mass is 225 g/mol. The van der Waals surface area contributed by atoms with Crippen molar-refractivity contribution >= 4 is 12.0 Å². The highest BCUT2D eigenvalue weighted by Gasteiger charge is 2.23. The van der Waals surface area contributed by atoms with Crippen LogP contribution in [0.5, 0.6) is 0 Å². The van der Waals surface area contributed by atoms with E-state index in [0.29, 0.717) is 24.5 Å². The van der Waals surface area contributed by atoms with Crippen LogP contribution < -0.4 is 11.3 Å². The average molecular weight is 225 g/mol. The van der Waals surface area contributed by atoms with Crippen LogP contribution in [-0.2, 0) is 11.3 Å². The van der Waals surface area contributed by atoms with E-state index in [9.17, 15) is 9.59 Å². The third-order valence-corrected chi connectivity index (χ3v) is 2.24. The number of hydrazine groups is 1. The van der Waals surface area contributed by atoms with Crippen molar-refractivity contribution < 1.29 is 18.7 Å². The molecule has 0 unspecified atom stereocenters. The predicted molar refractivity (Wildman–Crippen MR) is 52.1 cm³/mol. The molecule has 0 saturated carbocycles. The first kappa shape index (κ1) is 10.5. The second-order valence-corrected chi connectivity index (χ2v) is 3.31. The van der Waals surface area contributed by atoms with Crippen molar-refractivity contribution in [2.45, 2.75) is 6.54 Å². The molecule has 0 radical (unpaired) electrons. The number of cyclic esters (lactones) is 1. The Balaban J connectivity index is 2.02. The maximum absolute atomic E-state index is 11.1. The van der Waals surface area contributed by atoms with Crippen LogP contribution in [0, 0.1) is 0 Å². The second kappa shape index (κ2) is 4.23. The van der Waals surface area contributed by atoms with E-state index < -0.39 is 5.91 Å². The van der Waals surface area contributed by atoms with Crippen molar-refractivity contribution in [3.05, 3.63) is 23.7 Å². The summed E-state index contributed by atoms with van der Waals surface area (Å²) in [5.74, 6) is 5.05. The first-order valence-electron chi connectivity index (χ1n) is 4.71. The van der Waals surface area contributed by atoms with Crippen LogP contribution in [0.25, 0.3) is 0 Å². The highest BCUT2D eigenvalue weighted by molar-refractivity contribution is 5.93. The Hall–Kier alpha value is -2.02. The van der Waals surface area contributed by atoms with Gasteiger partial charge in [0.25, 0.3) is 5.91 Å². The van der Waals surface area contributed by atoms with Crippen LogP contribution in [0.2, 0.25) is 0 Å². The Morgan fingerprint density at radius 1 is 1.62 bits per heavy atom. The molecule has 1 aliphatic heterocycles. The average Bonchev–Trinajstić information content (AvgIpc) is 2.89. The molecule has 2 heterocycles. The Kier molecular flexibility index (Phi) is 2.78. The first-order chi connectivity index (χ1) is 7.70. The molecule has 2 rings (SSSR count). The van der Waals surface area contributed by atoms with Gasteiger partial charge in [-0.3, -0.25) is 15.1 Å². The smallest absolute Gasteiger partial charge is 0.410 e. The van der Waals surface area contributed by atoms with Gasteiger partial charge < -0.3 is 9.15 Å². The lowest BCUT2D eigenvalue weighted by atomic mass is 10.3. The van der Waals surface area contributed by atoms with Gasteiger partial charge in [-0.05, 0) is 6.07 Å². The minimum atomic E-state index is -0.431. The van der Waals surface area contributed by atoms with Gasteiger partial charge in [0.15, 0.2) is 0 Å². The van der Waals surface area contributed by atoms with Gasteiger partial charge in [-0.25, -0.2) is 10.6 Å². The molecule has 3 N–H and O–H groups in total. The van der Waals surface area contributed by atoms with E-state index in [1.54, 1.807) is 0 Å². The molecule has 1 aromatic heterocycles. The Morgan fingerprint density at radius 2 is 2.44 bits per heavy atom. The van der Waals surface area contributed by atoms with Gasteiger partial charge in [-0.2, -0.15) is 0 Å². The quantitative estimate of drug-likeness (QED) is 0.423. The number of carbonyl (C=O) groups excluding carboxylic acids is 2. The number of nitrogen functional groups attached to an aromatic ring is 1. The number of ether oxygens (including phenoxy) is 1. The Bertz CT molecular complexity index is 415. The second-order valence-electron chi connectivity index (χ2n) is 3.31. The molecular formula is C9H11N3O4. The van der Waals surface area contributed by atoms with Gasteiger partial charge in [0.2, 0.25) is 0 Å². The normalized spacial score (nSPS) is 15.1. The van der Waals surface area contributed by atoms with Gasteiger partial charge in [0.1, 0.15) is 18.6 Å². The zero-order chi connectivity index (χ0) is 11.5. The number of carbonyl (C=O) groups is 2. The van der Waals surface area contributed by atoms with E-state index in [1.165, 1.54) is 17.2 Å². The summed E-state index contributed by atoms with van der Waals surface area (Å²) in [4.78, 5) is 23.8. The maximum atomic E-state index is 11.1. The number of nitrogens with one attached hydrogen (secondary N) is 1. The van der Waals surface area contributed by atoms with Gasteiger partial charge in [-0.15, -0.1) is 0 Å². The summed E-state index contributed by atoms with van der Waals surface area (Å²) in [7, 11) is 0. The summed E-state index contributed by atoms with van der Waals surface area (Å²) in [6, 6.07) is 1.54. The van der Waals surface area contributed by atoms with Gasteiger partial charge in [0, 0.05) is 0 Å². The number of nitrogens with zero attached hydrogens (tertiary/aromatic N) is 1. The van der Waals surface area contributed by atoms with Crippen LogP contribution >= 0.6 is 0 Å². The van der Waals surface area contributed by atoms with Crippen molar-refractivity contribution in [2.24, 2.45) is 5.84 Å². The number of amides is 2. The molecule has 86 valence electrons. The third-order valence-electron chi connectivity index (χ3n) is 2.24. The molecule has 0 aliphatic carbocycles. The number of hydrogen-bond acceptors (Lipinski definition) is 5. The maximum Gasteiger partial charge on any atom is 0.410 e. The molecule has 16 heavy (non-hydrogen) atoms. The van der Waals surface area contributed by atoms with Gasteiger partial charge in [0.05, 0.1) is 18.7 Å². The summed E-state index contributed by atoms with van der Waals surface area (Å²) >= 11 is 0. The zero-order valence-corrected chi connectivity index (χ0v) is 8.43. The van der Waals surface area contributed by atoms with Crippen molar-refractivity contribution in [3.63, 3.8) is 0 Å². The van der Waals surface area contributed by atoms with Crippen molar-refractivity contribution in [2.75, 3.05) is 13.2 Å². The standard InChI is InChI=1S/C9H11N3O4/c10-11-8(13)6-3-7(16-5-6)4-12-1-2-15-9(12)14/h3,5H,1-2,4,10H2,(H,11,13). The van der Waals surface area contributed by atoms with Crippen LogP contribution in [-0.4, -0.2) is 30.1 Å². The van der Waals surface area contributed by atoms with E-state index in [4.69, 9.17) is 15.0 Å². The molecule has 7 heteroatoms. The Morgan fingerprint density at radius 3 is 3.06 bits per heavy atom. The lowest BCUT2D eigenvalue weighted by molar-refractivity contribution is 0.0953. The molecule has 0 aromatic carbocycles. The van der Waals surface area contributed by atoms with E-state index in [0.717, 1.165) is 0 Å². The number of rotatable bonds is 3. The molecule has 0 spiro atoms. The van der Waals surface area contributed by atoms with Crippen molar-refractivity contribution in [1.82, 2.24) is 10.3 Å². The molecular weight excluding hydrogens is 214 g/mol. The molecule has 1 aromatic rings. The minimum absolute atomic E-state index is 0.288. The fraction of sp³-hybridized carbons (Fsp3) is 0.333. The van der Waals surface area contributed by atoms with Crippen LogP contribution in [0.1, 0.15) is 16.1 Å². The fourth-order valence-corrected chi connectivity index (χ4v) is 1.42. The van der Waals surface area contributed by atoms with Crippen LogP contribution in [0.15, 0.2) is 16.7 Å². The molecule has 0 atom stereocenters. The number of hydrogen-bond donors (Lipinski definition) is 2. The SMILES string of the molecule is NNC(=O)c1coc(CN2CCOC2=O)c1. The summed E-state index contributed by atoms with van der Waals surface area (Å²) in [5, 5.41) is 0. The molecule has 7 nitrogen and oxygen atoms in total. The van der Waals surface area contributed by atoms with E-state index >= 15 is 0 Å². The van der Waals surface area contributed by atoms with E-state index in [1.807, 2.05) is 5.43 Å². The molecule has 0 bridgehead atoms. The molecule has 2 amide bonds. The Labute approximate surface area is 91.1 Å². The summed E-state index contributed by atoms with van der Waals surface area (Å²) in [6.45, 7) is 1.20. The molecule has 1 saturated heterocycles. The lowest BCUT2D eigenvalue weighted by Crippen LogP contribution is -2.29. The molecule has 1 aliphatic rings. The van der Waals surface area contributed by atoms with E-state index in [-0.39, 0.29) is 12.6 Å². The number of furan rings is 1. The van der Waals surface area contributed by atoms with Crippen LogP contribution in [0.3, 0.4) is 0 Å². The summed E-state index contributed by atoms with van der Waals surface area (Å²) < 4.78 is 9.89. The van der Waals surface area contributed by atoms with E-state index in [2.05, 4.69) is 0 Å². The van der Waals surface area contributed by atoms with Gasteiger partial charge in [-0.1, -0.05) is 0 Å². The zero-order valence-electron chi connectivity index (χ0n) is 8.43. The molecule has 1 fully saturated rings. The number of nitrogens with two attached hydrogens (primary N) is 1. The highest BCUT2D eigenvalue weighted by atomic mass is 16.6. The predicted octanol–water partition coefficient (Wildman–Crippen LogP) is -0.165. The topological polar surface area (TPSA) is 97.8 Å². The summed E-state index contributed by atoms with van der Waals surface area (Å²) in [5.41, 5.74) is 2.32. The van der Waals surface area contributed by atoms with Gasteiger partial charge >= 0.3 is 6.09 Å². The highest BCUT2D eigenvalue weighted by Crippen LogP contribution is 2.13. The van der Waals surface area contributed by atoms with Crippen molar-refractivity contribution in [1.29, 1.82) is 0 Å². The van der Waals surface area contributed by atoms with Crippen LogP contribution in [0.4, 0.5) is 4.79 Å². The largest absolute Gasteiger partial charge is 0.467 e. The first-order valence-corrected chi connectivity index (χ1v) is 4.71. The van der Waals surface area contributed by atoms with Crippen molar-refractivity contribution in [3.8, 4) is 0 Å². The lowest BCUT2D eigenvalue weighted by Gasteiger charge is -2.09.